The van der Waals surface area contributed by atoms with Crippen LogP contribution in [0.3, 0.4) is 0 Å². The van der Waals surface area contributed by atoms with E-state index >= 15 is 0 Å². The first-order valence-electron chi connectivity index (χ1n) is 6.64. The fourth-order valence-electron chi connectivity index (χ4n) is 2.60. The van der Waals surface area contributed by atoms with Gasteiger partial charge < -0.3 is 5.32 Å². The summed E-state index contributed by atoms with van der Waals surface area (Å²) in [4.78, 5) is 12.6. The number of non-ortho nitro benzene ring substituents is 1. The summed E-state index contributed by atoms with van der Waals surface area (Å²) in [6.45, 7) is 5.02. The second-order valence-corrected chi connectivity index (χ2v) is 5.66. The maximum absolute atomic E-state index is 10.7. The minimum absolute atomic E-state index is 0.0957. The summed E-state index contributed by atoms with van der Waals surface area (Å²) in [5.41, 5.74) is 0.475. The average molecular weight is 318 g/mol. The monoisotopic (exact) mass is 317 g/mol. The van der Waals surface area contributed by atoms with Gasteiger partial charge in [0, 0.05) is 24.7 Å². The quantitative estimate of drug-likeness (QED) is 0.663. The Kier molecular flexibility index (Phi) is 5.07. The molecule has 1 atom stereocenters. The number of likely N-dealkylation sites (tertiary alicyclic amines) is 1. The molecule has 0 aromatic heterocycles. The number of rotatable bonds is 5. The van der Waals surface area contributed by atoms with E-state index in [1.54, 1.807) is 0 Å². The largest absolute Gasteiger partial charge is 0.381 e. The highest BCUT2D eigenvalue weighted by atomic mass is 35.5. The molecule has 1 aromatic carbocycles. The number of hydrogen-bond donors (Lipinski definition) is 1. The molecule has 0 radical (unpaired) electrons. The molecular formula is C13H17Cl2N3O2. The lowest BCUT2D eigenvalue weighted by atomic mass is 10.2. The van der Waals surface area contributed by atoms with Crippen LogP contribution in [0.1, 0.15) is 19.8 Å². The molecule has 110 valence electrons. The summed E-state index contributed by atoms with van der Waals surface area (Å²) in [6, 6.07) is 3.10. The van der Waals surface area contributed by atoms with E-state index in [1.165, 1.54) is 18.6 Å². The Morgan fingerprint density at radius 1 is 1.45 bits per heavy atom. The second kappa shape index (κ2) is 6.61. The fraction of sp³-hybridized carbons (Fsp3) is 0.538. The third-order valence-corrected chi connectivity index (χ3v) is 4.25. The van der Waals surface area contributed by atoms with Crippen molar-refractivity contribution in [3.63, 3.8) is 0 Å². The van der Waals surface area contributed by atoms with Gasteiger partial charge in [-0.25, -0.2) is 0 Å². The molecule has 1 aromatic rings. The Balaban J connectivity index is 2.08. The van der Waals surface area contributed by atoms with Gasteiger partial charge in [0.05, 0.1) is 20.7 Å². The molecular weight excluding hydrogens is 301 g/mol. The van der Waals surface area contributed by atoms with Crippen LogP contribution >= 0.6 is 23.2 Å². The van der Waals surface area contributed by atoms with Gasteiger partial charge in [0.15, 0.2) is 0 Å². The molecule has 20 heavy (non-hydrogen) atoms. The summed E-state index contributed by atoms with van der Waals surface area (Å²) in [6.07, 6.45) is 2.34. The first-order valence-corrected chi connectivity index (χ1v) is 7.40. The summed E-state index contributed by atoms with van der Waals surface area (Å²) in [5, 5.41) is 14.5. The Bertz CT molecular complexity index is 487. The van der Waals surface area contributed by atoms with Crippen LogP contribution in [0.5, 0.6) is 0 Å². The minimum Gasteiger partial charge on any atom is -0.381 e. The molecule has 1 saturated heterocycles. The number of hydrogen-bond acceptors (Lipinski definition) is 4. The molecule has 0 amide bonds. The maximum atomic E-state index is 10.7. The highest BCUT2D eigenvalue weighted by molar-refractivity contribution is 6.39. The van der Waals surface area contributed by atoms with Gasteiger partial charge in [-0.15, -0.1) is 0 Å². The third-order valence-electron chi connectivity index (χ3n) is 3.66. The lowest BCUT2D eigenvalue weighted by Crippen LogP contribution is -2.34. The minimum atomic E-state index is -0.503. The third kappa shape index (κ3) is 3.34. The van der Waals surface area contributed by atoms with Gasteiger partial charge in [0.2, 0.25) is 0 Å². The summed E-state index contributed by atoms with van der Waals surface area (Å²) < 4.78 is 0. The zero-order valence-electron chi connectivity index (χ0n) is 11.2. The van der Waals surface area contributed by atoms with Gasteiger partial charge >= 0.3 is 0 Å². The van der Waals surface area contributed by atoms with Crippen LogP contribution in [-0.4, -0.2) is 35.5 Å². The van der Waals surface area contributed by atoms with Gasteiger partial charge in [0.1, 0.15) is 0 Å². The molecule has 0 spiro atoms. The Labute approximate surface area is 128 Å². The van der Waals surface area contributed by atoms with Crippen molar-refractivity contribution in [2.45, 2.75) is 25.8 Å². The summed E-state index contributed by atoms with van der Waals surface area (Å²) in [5.74, 6) is 0. The summed E-state index contributed by atoms with van der Waals surface area (Å²) >= 11 is 12.1. The molecule has 1 fully saturated rings. The Hall–Kier alpha value is -1.04. The molecule has 5 nitrogen and oxygen atoms in total. The van der Waals surface area contributed by atoms with Crippen LogP contribution in [0.2, 0.25) is 10.0 Å². The molecule has 1 aliphatic rings. The molecule has 0 aliphatic carbocycles. The number of likely N-dealkylation sites (N-methyl/N-ethyl adjacent to an activating group) is 1. The number of halogens is 2. The number of nitrogens with one attached hydrogen (secondary N) is 1. The van der Waals surface area contributed by atoms with Crippen molar-refractivity contribution in [1.82, 2.24) is 4.90 Å². The maximum Gasteiger partial charge on any atom is 0.272 e. The number of nitrogens with zero attached hydrogens (tertiary/aromatic N) is 2. The second-order valence-electron chi connectivity index (χ2n) is 4.85. The van der Waals surface area contributed by atoms with E-state index in [-0.39, 0.29) is 15.7 Å². The molecule has 0 saturated carbocycles. The predicted octanol–water partition coefficient (Wildman–Crippen LogP) is 3.80. The van der Waals surface area contributed by atoms with Gasteiger partial charge in [-0.3, -0.25) is 15.0 Å². The van der Waals surface area contributed by atoms with E-state index in [0.717, 1.165) is 26.1 Å². The van der Waals surface area contributed by atoms with Gasteiger partial charge in [0.25, 0.3) is 5.69 Å². The Morgan fingerprint density at radius 3 is 2.65 bits per heavy atom. The lowest BCUT2D eigenvalue weighted by molar-refractivity contribution is -0.384. The van der Waals surface area contributed by atoms with E-state index in [1.807, 2.05) is 0 Å². The molecule has 1 heterocycles. The molecule has 1 aliphatic heterocycles. The van der Waals surface area contributed by atoms with Crippen LogP contribution < -0.4 is 5.32 Å². The van der Waals surface area contributed by atoms with Crippen LogP contribution in [-0.2, 0) is 0 Å². The van der Waals surface area contributed by atoms with Crippen LogP contribution in [0.15, 0.2) is 12.1 Å². The van der Waals surface area contributed by atoms with Crippen LogP contribution in [0.25, 0.3) is 0 Å². The van der Waals surface area contributed by atoms with E-state index < -0.39 is 4.92 Å². The van der Waals surface area contributed by atoms with E-state index in [2.05, 4.69) is 17.1 Å². The van der Waals surface area contributed by atoms with Crippen molar-refractivity contribution in [2.75, 3.05) is 25.0 Å². The topological polar surface area (TPSA) is 58.4 Å². The summed E-state index contributed by atoms with van der Waals surface area (Å²) in [7, 11) is 0. The fourth-order valence-corrected chi connectivity index (χ4v) is 3.21. The van der Waals surface area contributed by atoms with Gasteiger partial charge in [-0.05, 0) is 25.9 Å². The van der Waals surface area contributed by atoms with Crippen molar-refractivity contribution in [1.29, 1.82) is 0 Å². The molecule has 1 N–H and O–H groups in total. The zero-order valence-corrected chi connectivity index (χ0v) is 12.7. The normalized spacial score (nSPS) is 19.2. The number of nitro groups is 1. The van der Waals surface area contributed by atoms with Crippen molar-refractivity contribution in [3.05, 3.63) is 32.3 Å². The highest BCUT2D eigenvalue weighted by Crippen LogP contribution is 2.35. The Morgan fingerprint density at radius 2 is 2.10 bits per heavy atom. The van der Waals surface area contributed by atoms with Crippen LogP contribution in [0, 0.1) is 10.1 Å². The van der Waals surface area contributed by atoms with Crippen molar-refractivity contribution in [2.24, 2.45) is 0 Å². The van der Waals surface area contributed by atoms with E-state index in [0.29, 0.717) is 11.7 Å². The lowest BCUT2D eigenvalue weighted by Gasteiger charge is -2.23. The predicted molar refractivity (Wildman–Crippen MR) is 81.9 cm³/mol. The van der Waals surface area contributed by atoms with Gasteiger partial charge in [-0.1, -0.05) is 30.1 Å². The van der Waals surface area contributed by atoms with Crippen molar-refractivity contribution < 1.29 is 4.92 Å². The standard InChI is InChI=1S/C13H17Cl2N3O2/c1-2-17-5-3-4-9(17)8-16-13-11(14)6-10(18(19)20)7-12(13)15/h6-7,9,16H,2-5,8H2,1H3. The first-order chi connectivity index (χ1) is 9.52. The SMILES string of the molecule is CCN1CCCC1CNc1c(Cl)cc([N+](=O)[O-])cc1Cl. The molecule has 0 bridgehead atoms. The molecule has 1 unspecified atom stereocenters. The van der Waals surface area contributed by atoms with Crippen LogP contribution in [0.4, 0.5) is 11.4 Å². The molecule has 7 heteroatoms. The number of anilines is 1. The molecule has 2 rings (SSSR count). The number of benzene rings is 1. The van der Waals surface area contributed by atoms with Gasteiger partial charge in [-0.2, -0.15) is 0 Å². The van der Waals surface area contributed by atoms with E-state index in [9.17, 15) is 10.1 Å². The van der Waals surface area contributed by atoms with E-state index in [4.69, 9.17) is 23.2 Å². The van der Waals surface area contributed by atoms with Crippen molar-refractivity contribution >= 4 is 34.6 Å². The first kappa shape index (κ1) is 15.4. The van der Waals surface area contributed by atoms with Crippen molar-refractivity contribution in [3.8, 4) is 0 Å². The smallest absolute Gasteiger partial charge is 0.272 e. The highest BCUT2D eigenvalue weighted by Gasteiger charge is 2.23. The average Bonchev–Trinajstić information content (AvgIpc) is 2.84. The zero-order chi connectivity index (χ0) is 14.7. The number of nitro benzene ring substituents is 1.